The van der Waals surface area contributed by atoms with Gasteiger partial charge in [-0.1, -0.05) is 31.5 Å². The van der Waals surface area contributed by atoms with Crippen molar-refractivity contribution in [2.24, 2.45) is 5.92 Å². The molecular formula is C15H16F3NO2. The Hall–Kier alpha value is -1.85. The number of halogens is 3. The molecule has 2 amide bonds. The van der Waals surface area contributed by atoms with Gasteiger partial charge in [-0.3, -0.25) is 14.9 Å². The van der Waals surface area contributed by atoms with Crippen molar-refractivity contribution in [3.63, 3.8) is 0 Å². The van der Waals surface area contributed by atoms with E-state index in [2.05, 4.69) is 5.32 Å². The molecule has 0 aromatic heterocycles. The standard InChI is InChI=1S/C15H16F3NO2/c1-2-4-11-12(8-13(20)19-14(11)21)9-5-3-6-10(7-9)15(16,17)18/h3,5-7,11-12H,2,4,8H2,1H3,(H,19,20,21). The Balaban J connectivity index is 2.37. The number of carbonyl (C=O) groups is 2. The first-order chi connectivity index (χ1) is 9.82. The smallest absolute Gasteiger partial charge is 0.296 e. The summed E-state index contributed by atoms with van der Waals surface area (Å²) in [7, 11) is 0. The van der Waals surface area contributed by atoms with Gasteiger partial charge in [0.25, 0.3) is 0 Å². The summed E-state index contributed by atoms with van der Waals surface area (Å²) in [6.45, 7) is 1.90. The maximum absolute atomic E-state index is 12.8. The first-order valence-electron chi connectivity index (χ1n) is 6.83. The van der Waals surface area contributed by atoms with Gasteiger partial charge >= 0.3 is 6.18 Å². The van der Waals surface area contributed by atoms with E-state index in [0.29, 0.717) is 12.0 Å². The first-order valence-corrected chi connectivity index (χ1v) is 6.83. The van der Waals surface area contributed by atoms with E-state index in [4.69, 9.17) is 0 Å². The highest BCUT2D eigenvalue weighted by molar-refractivity contribution is 5.99. The summed E-state index contributed by atoms with van der Waals surface area (Å²) in [6.07, 6.45) is -3.13. The number of piperidine rings is 1. The van der Waals surface area contributed by atoms with Crippen molar-refractivity contribution < 1.29 is 22.8 Å². The number of benzene rings is 1. The summed E-state index contributed by atoms with van der Waals surface area (Å²) in [5.41, 5.74) is -0.361. The van der Waals surface area contributed by atoms with Crippen molar-refractivity contribution >= 4 is 11.8 Å². The van der Waals surface area contributed by atoms with Gasteiger partial charge in [0.15, 0.2) is 0 Å². The van der Waals surface area contributed by atoms with E-state index in [0.717, 1.165) is 18.6 Å². The van der Waals surface area contributed by atoms with E-state index >= 15 is 0 Å². The maximum atomic E-state index is 12.8. The van der Waals surface area contributed by atoms with Crippen LogP contribution in [0.1, 0.15) is 43.2 Å². The second-order valence-corrected chi connectivity index (χ2v) is 5.24. The second-order valence-electron chi connectivity index (χ2n) is 5.24. The molecule has 1 aliphatic heterocycles. The van der Waals surface area contributed by atoms with Crippen LogP contribution >= 0.6 is 0 Å². The molecule has 1 aromatic rings. The third kappa shape index (κ3) is 3.43. The van der Waals surface area contributed by atoms with Gasteiger partial charge in [0, 0.05) is 18.3 Å². The predicted molar refractivity (Wildman–Crippen MR) is 70.3 cm³/mol. The zero-order valence-corrected chi connectivity index (χ0v) is 11.5. The predicted octanol–water partition coefficient (Wildman–Crippen LogP) is 3.25. The van der Waals surface area contributed by atoms with Gasteiger partial charge in [0.2, 0.25) is 11.8 Å². The summed E-state index contributed by atoms with van der Waals surface area (Å²) in [4.78, 5) is 23.4. The van der Waals surface area contributed by atoms with E-state index in [1.807, 2.05) is 6.92 Å². The van der Waals surface area contributed by atoms with E-state index in [9.17, 15) is 22.8 Å². The molecule has 0 saturated carbocycles. The summed E-state index contributed by atoms with van der Waals surface area (Å²) in [5, 5.41) is 2.26. The molecule has 2 atom stereocenters. The SMILES string of the molecule is CCCC1C(=O)NC(=O)CC1c1cccc(C(F)(F)F)c1. The fraction of sp³-hybridized carbons (Fsp3) is 0.467. The minimum absolute atomic E-state index is 0.0394. The number of alkyl halides is 3. The molecule has 1 fully saturated rings. The van der Waals surface area contributed by atoms with Crippen LogP contribution in [0.4, 0.5) is 13.2 Å². The van der Waals surface area contributed by atoms with Crippen molar-refractivity contribution in [3.05, 3.63) is 35.4 Å². The van der Waals surface area contributed by atoms with Crippen LogP contribution in [0.15, 0.2) is 24.3 Å². The van der Waals surface area contributed by atoms with Crippen molar-refractivity contribution in [2.45, 2.75) is 38.3 Å². The molecule has 0 aliphatic carbocycles. The largest absolute Gasteiger partial charge is 0.416 e. The normalized spacial score (nSPS) is 23.0. The Morgan fingerprint density at radius 2 is 2.00 bits per heavy atom. The van der Waals surface area contributed by atoms with Gasteiger partial charge in [0.05, 0.1) is 5.56 Å². The van der Waals surface area contributed by atoms with Crippen molar-refractivity contribution in [1.82, 2.24) is 5.32 Å². The molecule has 1 N–H and O–H groups in total. The van der Waals surface area contributed by atoms with Crippen LogP contribution in [0, 0.1) is 5.92 Å². The fourth-order valence-electron chi connectivity index (χ4n) is 2.74. The van der Waals surface area contributed by atoms with Crippen molar-refractivity contribution in [3.8, 4) is 0 Å². The Morgan fingerprint density at radius 1 is 1.29 bits per heavy atom. The first kappa shape index (κ1) is 15.5. The molecule has 1 heterocycles. The fourth-order valence-corrected chi connectivity index (χ4v) is 2.74. The summed E-state index contributed by atoms with van der Waals surface area (Å²) in [6, 6.07) is 4.90. The van der Waals surface area contributed by atoms with Crippen LogP contribution < -0.4 is 5.32 Å². The average molecular weight is 299 g/mol. The number of hydrogen-bond acceptors (Lipinski definition) is 2. The lowest BCUT2D eigenvalue weighted by Gasteiger charge is -2.30. The molecule has 0 spiro atoms. The molecular weight excluding hydrogens is 283 g/mol. The molecule has 1 saturated heterocycles. The number of carbonyl (C=O) groups excluding carboxylic acids is 2. The summed E-state index contributed by atoms with van der Waals surface area (Å²) >= 11 is 0. The summed E-state index contributed by atoms with van der Waals surface area (Å²) in [5.74, 6) is -1.78. The van der Waals surface area contributed by atoms with Crippen LogP contribution in [-0.4, -0.2) is 11.8 Å². The second kappa shape index (κ2) is 5.87. The van der Waals surface area contributed by atoms with Crippen molar-refractivity contribution in [1.29, 1.82) is 0 Å². The molecule has 0 radical (unpaired) electrons. The van der Waals surface area contributed by atoms with E-state index < -0.39 is 35.4 Å². The van der Waals surface area contributed by atoms with Crippen LogP contribution in [0.2, 0.25) is 0 Å². The van der Waals surface area contributed by atoms with Crippen molar-refractivity contribution in [2.75, 3.05) is 0 Å². The van der Waals surface area contributed by atoms with Gasteiger partial charge in [-0.25, -0.2) is 0 Å². The lowest BCUT2D eigenvalue weighted by Crippen LogP contribution is -2.44. The van der Waals surface area contributed by atoms with E-state index in [1.54, 1.807) is 6.07 Å². The topological polar surface area (TPSA) is 46.2 Å². The molecule has 114 valence electrons. The van der Waals surface area contributed by atoms with Crippen LogP contribution in [-0.2, 0) is 15.8 Å². The van der Waals surface area contributed by atoms with Crippen LogP contribution in [0.5, 0.6) is 0 Å². The van der Waals surface area contributed by atoms with Crippen LogP contribution in [0.3, 0.4) is 0 Å². The minimum Gasteiger partial charge on any atom is -0.296 e. The molecule has 1 aromatic carbocycles. The maximum Gasteiger partial charge on any atom is 0.416 e. The molecule has 1 aliphatic rings. The molecule has 0 bridgehead atoms. The van der Waals surface area contributed by atoms with Crippen LogP contribution in [0.25, 0.3) is 0 Å². The molecule has 3 nitrogen and oxygen atoms in total. The van der Waals surface area contributed by atoms with Gasteiger partial charge < -0.3 is 0 Å². The number of nitrogens with one attached hydrogen (secondary N) is 1. The Morgan fingerprint density at radius 3 is 2.62 bits per heavy atom. The van der Waals surface area contributed by atoms with E-state index in [-0.39, 0.29) is 6.42 Å². The highest BCUT2D eigenvalue weighted by atomic mass is 19.4. The zero-order chi connectivity index (χ0) is 15.6. The summed E-state index contributed by atoms with van der Waals surface area (Å²) < 4.78 is 38.4. The van der Waals surface area contributed by atoms with Gasteiger partial charge in [0.1, 0.15) is 0 Å². The van der Waals surface area contributed by atoms with Gasteiger partial charge in [-0.2, -0.15) is 13.2 Å². The highest BCUT2D eigenvalue weighted by Crippen LogP contribution is 2.37. The molecule has 2 unspecified atom stereocenters. The quantitative estimate of drug-likeness (QED) is 0.871. The molecule has 21 heavy (non-hydrogen) atoms. The number of imide groups is 1. The molecule has 6 heteroatoms. The Labute approximate surface area is 120 Å². The van der Waals surface area contributed by atoms with E-state index in [1.165, 1.54) is 6.07 Å². The highest BCUT2D eigenvalue weighted by Gasteiger charge is 2.37. The number of hydrogen-bond donors (Lipinski definition) is 1. The average Bonchev–Trinajstić information content (AvgIpc) is 2.41. The zero-order valence-electron chi connectivity index (χ0n) is 11.5. The van der Waals surface area contributed by atoms with Gasteiger partial charge in [-0.05, 0) is 18.1 Å². The monoisotopic (exact) mass is 299 g/mol. The lowest BCUT2D eigenvalue weighted by molar-refractivity contribution is -0.138. The number of amides is 2. The Bertz CT molecular complexity index is 554. The third-order valence-corrected chi connectivity index (χ3v) is 3.73. The lowest BCUT2D eigenvalue weighted by atomic mass is 9.78. The van der Waals surface area contributed by atoms with Gasteiger partial charge in [-0.15, -0.1) is 0 Å². The number of rotatable bonds is 3. The third-order valence-electron chi connectivity index (χ3n) is 3.73. The Kier molecular flexibility index (Phi) is 4.34. The molecule has 2 rings (SSSR count). The minimum atomic E-state index is -4.43.